The number of hydrogen-bond donors (Lipinski definition) is 2. The Labute approximate surface area is 213 Å². The maximum absolute atomic E-state index is 13.6. The quantitative estimate of drug-likeness (QED) is 0.449. The molecule has 0 saturated heterocycles. The van der Waals surface area contributed by atoms with Gasteiger partial charge in [-0.15, -0.1) is 11.3 Å². The topological polar surface area (TPSA) is 89.5 Å². The summed E-state index contributed by atoms with van der Waals surface area (Å²) in [5.74, 6) is -1.77. The molecular weight excluding hydrogens is 486 g/mol. The average molecular weight is 512 g/mol. The number of nitrogens with zero attached hydrogens (tertiary/aromatic N) is 1. The molecule has 0 fully saturated rings. The van der Waals surface area contributed by atoms with E-state index in [9.17, 15) is 9.59 Å². The lowest BCUT2D eigenvalue weighted by atomic mass is 9.68. The summed E-state index contributed by atoms with van der Waals surface area (Å²) in [7, 11) is 2.66. The second kappa shape index (κ2) is 10.1. The lowest BCUT2D eigenvalue weighted by Gasteiger charge is -2.47. The smallest absolute Gasteiger partial charge is 0.336 e. The van der Waals surface area contributed by atoms with E-state index in [0.29, 0.717) is 27.1 Å². The van der Waals surface area contributed by atoms with Crippen molar-refractivity contribution >= 4 is 40.0 Å². The zero-order valence-electron chi connectivity index (χ0n) is 19.8. The average Bonchev–Trinajstić information content (AvgIpc) is 3.33. The number of hydrogen-bond acceptors (Lipinski definition) is 8. The molecule has 0 spiro atoms. The minimum atomic E-state index is -1.41. The lowest BCUT2D eigenvalue weighted by molar-refractivity contribution is -0.148. The maximum atomic E-state index is 13.6. The Hall–Kier alpha value is -3.36. The van der Waals surface area contributed by atoms with Gasteiger partial charge in [0, 0.05) is 21.7 Å². The number of methoxy groups -OCH3 is 2. The van der Waals surface area contributed by atoms with Crippen molar-refractivity contribution in [3.05, 3.63) is 81.8 Å². The molecule has 182 valence electrons. The molecule has 35 heavy (non-hydrogen) atoms. The van der Waals surface area contributed by atoms with Gasteiger partial charge in [-0.05, 0) is 25.5 Å². The number of ether oxygens (including phenoxy) is 2. The SMILES string of the molecule is COC(=O)C1=C(C)NC(C)C(Nc2nc(-c3ccccc3Cl)cs2)(C(=O)OC)C1c1ccccc1. The molecule has 1 aromatic heterocycles. The molecule has 3 aromatic rings. The first-order valence-corrected chi connectivity index (χ1v) is 12.3. The highest BCUT2D eigenvalue weighted by Gasteiger charge is 2.58. The fraction of sp³-hybridized carbons (Fsp3) is 0.269. The summed E-state index contributed by atoms with van der Waals surface area (Å²) in [5, 5.41) is 9.59. The summed E-state index contributed by atoms with van der Waals surface area (Å²) in [5.41, 5.74) is 1.80. The molecule has 0 saturated carbocycles. The summed E-state index contributed by atoms with van der Waals surface area (Å²) in [4.78, 5) is 31.4. The number of anilines is 1. The van der Waals surface area contributed by atoms with Crippen molar-refractivity contribution in [3.8, 4) is 11.3 Å². The van der Waals surface area contributed by atoms with Crippen LogP contribution in [0.2, 0.25) is 5.02 Å². The molecule has 4 rings (SSSR count). The van der Waals surface area contributed by atoms with Gasteiger partial charge < -0.3 is 20.1 Å². The van der Waals surface area contributed by atoms with Crippen LogP contribution in [0, 0.1) is 0 Å². The predicted molar refractivity (Wildman–Crippen MR) is 137 cm³/mol. The van der Waals surface area contributed by atoms with Crippen LogP contribution >= 0.6 is 22.9 Å². The maximum Gasteiger partial charge on any atom is 0.336 e. The molecule has 0 radical (unpaired) electrons. The molecule has 2 N–H and O–H groups in total. The Morgan fingerprint density at radius 2 is 1.77 bits per heavy atom. The van der Waals surface area contributed by atoms with E-state index in [1.165, 1.54) is 25.6 Å². The third-order valence-electron chi connectivity index (χ3n) is 6.29. The minimum Gasteiger partial charge on any atom is -0.467 e. The van der Waals surface area contributed by atoms with E-state index in [-0.39, 0.29) is 0 Å². The van der Waals surface area contributed by atoms with Gasteiger partial charge in [-0.2, -0.15) is 0 Å². The van der Waals surface area contributed by atoms with Gasteiger partial charge in [0.25, 0.3) is 0 Å². The predicted octanol–water partition coefficient (Wildman–Crippen LogP) is 5.01. The van der Waals surface area contributed by atoms with E-state index >= 15 is 0 Å². The number of esters is 2. The van der Waals surface area contributed by atoms with Gasteiger partial charge in [-0.25, -0.2) is 14.6 Å². The Bertz CT molecular complexity index is 1280. The number of allylic oxidation sites excluding steroid dienone is 1. The lowest BCUT2D eigenvalue weighted by Crippen LogP contribution is -2.66. The molecule has 0 aliphatic carbocycles. The Morgan fingerprint density at radius 1 is 1.09 bits per heavy atom. The number of carbonyl (C=O) groups is 2. The van der Waals surface area contributed by atoms with Crippen LogP contribution in [0.3, 0.4) is 0 Å². The standard InChI is InChI=1S/C26H26ClN3O4S/c1-15-21(23(31)33-3)22(17-10-6-5-7-11-17)26(16(2)28-15,24(32)34-4)30-25-29-20(14-35-25)18-12-8-9-13-19(18)27/h5-14,16,22,28H,1-4H3,(H,29,30). The summed E-state index contributed by atoms with van der Waals surface area (Å²) >= 11 is 7.72. The normalized spacial score (nSPS) is 21.7. The number of thiazole rings is 1. The number of carbonyl (C=O) groups excluding carboxylic acids is 2. The van der Waals surface area contributed by atoms with Crippen LogP contribution in [0.4, 0.5) is 5.13 Å². The number of rotatable bonds is 6. The van der Waals surface area contributed by atoms with E-state index in [0.717, 1.165) is 11.1 Å². The molecule has 3 unspecified atom stereocenters. The van der Waals surface area contributed by atoms with Crippen molar-refractivity contribution < 1.29 is 19.1 Å². The summed E-state index contributed by atoms with van der Waals surface area (Å²) in [6, 6.07) is 16.3. The largest absolute Gasteiger partial charge is 0.467 e. The van der Waals surface area contributed by atoms with E-state index in [2.05, 4.69) is 10.6 Å². The second-order valence-electron chi connectivity index (χ2n) is 8.24. The Balaban J connectivity index is 1.89. The highest BCUT2D eigenvalue weighted by Crippen LogP contribution is 2.45. The number of aromatic nitrogens is 1. The molecule has 0 bridgehead atoms. The molecule has 3 atom stereocenters. The Kier molecular flexibility index (Phi) is 7.14. The van der Waals surface area contributed by atoms with E-state index < -0.39 is 29.4 Å². The van der Waals surface area contributed by atoms with Crippen LogP contribution in [0.25, 0.3) is 11.3 Å². The number of halogens is 1. The second-order valence-corrected chi connectivity index (χ2v) is 9.51. The van der Waals surface area contributed by atoms with Crippen molar-refractivity contribution in [1.29, 1.82) is 0 Å². The molecular formula is C26H26ClN3O4S. The van der Waals surface area contributed by atoms with Crippen molar-refractivity contribution in [1.82, 2.24) is 10.3 Å². The first-order chi connectivity index (χ1) is 16.8. The highest BCUT2D eigenvalue weighted by molar-refractivity contribution is 7.14. The van der Waals surface area contributed by atoms with Crippen molar-refractivity contribution in [3.63, 3.8) is 0 Å². The van der Waals surface area contributed by atoms with E-state index in [4.69, 9.17) is 26.1 Å². The Morgan fingerprint density at radius 3 is 2.43 bits per heavy atom. The summed E-state index contributed by atoms with van der Waals surface area (Å²) in [6.45, 7) is 3.68. The van der Waals surface area contributed by atoms with Gasteiger partial charge in [0.1, 0.15) is 0 Å². The van der Waals surface area contributed by atoms with E-state index in [1.807, 2.05) is 60.8 Å². The highest BCUT2D eigenvalue weighted by atomic mass is 35.5. The van der Waals surface area contributed by atoms with Gasteiger partial charge in [0.15, 0.2) is 10.7 Å². The molecule has 1 aliphatic rings. The van der Waals surface area contributed by atoms with E-state index in [1.54, 1.807) is 13.0 Å². The first-order valence-electron chi connectivity index (χ1n) is 11.0. The molecule has 2 heterocycles. The fourth-order valence-electron chi connectivity index (χ4n) is 4.66. The summed E-state index contributed by atoms with van der Waals surface area (Å²) < 4.78 is 10.5. The molecule has 9 heteroatoms. The zero-order chi connectivity index (χ0) is 25.2. The van der Waals surface area contributed by atoms with Crippen molar-refractivity contribution in [2.24, 2.45) is 0 Å². The van der Waals surface area contributed by atoms with Gasteiger partial charge in [-0.3, -0.25) is 0 Å². The van der Waals surface area contributed by atoms with Crippen LogP contribution in [-0.4, -0.2) is 42.7 Å². The zero-order valence-corrected chi connectivity index (χ0v) is 21.4. The van der Waals surface area contributed by atoms with Crippen LogP contribution in [0.1, 0.15) is 25.3 Å². The van der Waals surface area contributed by atoms with Gasteiger partial charge in [0.05, 0.1) is 37.4 Å². The monoisotopic (exact) mass is 511 g/mol. The van der Waals surface area contributed by atoms with Crippen LogP contribution in [-0.2, 0) is 19.1 Å². The van der Waals surface area contributed by atoms with Crippen molar-refractivity contribution in [2.45, 2.75) is 31.3 Å². The number of benzene rings is 2. The molecule has 7 nitrogen and oxygen atoms in total. The molecule has 1 aliphatic heterocycles. The minimum absolute atomic E-state index is 0.345. The third-order valence-corrected chi connectivity index (χ3v) is 7.38. The van der Waals surface area contributed by atoms with Crippen LogP contribution in [0.15, 0.2) is 71.2 Å². The summed E-state index contributed by atoms with van der Waals surface area (Å²) in [6.07, 6.45) is 0. The van der Waals surface area contributed by atoms with Crippen LogP contribution in [0.5, 0.6) is 0 Å². The number of nitrogens with one attached hydrogen (secondary N) is 2. The molecule has 0 amide bonds. The fourth-order valence-corrected chi connectivity index (χ4v) is 5.68. The van der Waals surface area contributed by atoms with Crippen molar-refractivity contribution in [2.75, 3.05) is 19.5 Å². The van der Waals surface area contributed by atoms with Gasteiger partial charge >= 0.3 is 11.9 Å². The van der Waals surface area contributed by atoms with Gasteiger partial charge in [-0.1, -0.05) is 60.1 Å². The molecule has 2 aromatic carbocycles. The van der Waals surface area contributed by atoms with Gasteiger partial charge in [0.2, 0.25) is 0 Å². The first kappa shape index (κ1) is 24.8. The third kappa shape index (κ3) is 4.39. The van der Waals surface area contributed by atoms with Crippen LogP contribution < -0.4 is 10.6 Å².